The van der Waals surface area contributed by atoms with Gasteiger partial charge in [-0.05, 0) is 32.3 Å². The quantitative estimate of drug-likeness (QED) is 0.761. The summed E-state index contributed by atoms with van der Waals surface area (Å²) in [5, 5.41) is 2.97. The predicted molar refractivity (Wildman–Crippen MR) is 99.9 cm³/mol. The molecule has 3 aliphatic rings. The number of hydrogen-bond donors (Lipinski definition) is 1. The van der Waals surface area contributed by atoms with Gasteiger partial charge in [0, 0.05) is 37.0 Å². The van der Waals surface area contributed by atoms with Crippen molar-refractivity contribution in [3.63, 3.8) is 0 Å². The standard InChI is InChI=1S/C19H28N2O5S/c1-3-4-9-27(23,24)21-11-15-14(16-5-7-19(15,12-21)26-16)10-20-18(22)17-13(2)6-8-25-17/h6,8,14-16H,3-5,7,9-12H2,1-2H3,(H,20,22)/t14-,15+,16+,19+/m0/s1. The zero-order valence-electron chi connectivity index (χ0n) is 15.9. The Hall–Kier alpha value is -1.38. The van der Waals surface area contributed by atoms with Crippen LogP contribution in [-0.4, -0.2) is 55.7 Å². The van der Waals surface area contributed by atoms with Crippen molar-refractivity contribution in [3.05, 3.63) is 23.7 Å². The topological polar surface area (TPSA) is 88.9 Å². The second kappa shape index (κ2) is 6.90. The minimum atomic E-state index is -3.24. The molecule has 0 radical (unpaired) electrons. The van der Waals surface area contributed by atoms with E-state index in [1.54, 1.807) is 10.4 Å². The molecule has 3 saturated heterocycles. The van der Waals surface area contributed by atoms with E-state index in [-0.39, 0.29) is 35.2 Å². The van der Waals surface area contributed by atoms with Crippen LogP contribution in [0, 0.1) is 18.8 Å². The maximum atomic E-state index is 12.6. The van der Waals surface area contributed by atoms with Gasteiger partial charge in [0.05, 0.1) is 23.7 Å². The lowest BCUT2D eigenvalue weighted by Crippen LogP contribution is -2.41. The number of carbonyl (C=O) groups excluding carboxylic acids is 1. The first kappa shape index (κ1) is 19.0. The SMILES string of the molecule is CCCCS(=O)(=O)N1C[C@@H]2[C@H](CNC(=O)c3occc3C)[C@H]3CC[C@]2(C1)O3. The number of furan rings is 1. The number of aryl methyl sites for hydroxylation is 1. The molecule has 4 heterocycles. The lowest BCUT2D eigenvalue weighted by Gasteiger charge is -2.29. The summed E-state index contributed by atoms with van der Waals surface area (Å²) < 4.78 is 38.5. The molecule has 1 amide bonds. The molecule has 3 aliphatic heterocycles. The number of nitrogens with zero attached hydrogens (tertiary/aromatic N) is 1. The number of rotatable bonds is 7. The van der Waals surface area contributed by atoms with E-state index in [1.807, 2.05) is 13.8 Å². The van der Waals surface area contributed by atoms with Crippen molar-refractivity contribution in [2.75, 3.05) is 25.4 Å². The zero-order chi connectivity index (χ0) is 19.2. The Kier molecular flexibility index (Phi) is 4.84. The van der Waals surface area contributed by atoms with Crippen LogP contribution < -0.4 is 5.32 Å². The second-order valence-corrected chi connectivity index (χ2v) is 10.2. The number of amides is 1. The van der Waals surface area contributed by atoms with Gasteiger partial charge in [0.1, 0.15) is 0 Å². The highest BCUT2D eigenvalue weighted by Gasteiger charge is 2.64. The monoisotopic (exact) mass is 396 g/mol. The molecule has 1 spiro atoms. The first-order valence-electron chi connectivity index (χ1n) is 9.84. The van der Waals surface area contributed by atoms with E-state index in [0.29, 0.717) is 31.8 Å². The molecule has 0 saturated carbocycles. The van der Waals surface area contributed by atoms with E-state index in [1.165, 1.54) is 6.26 Å². The highest BCUT2D eigenvalue weighted by molar-refractivity contribution is 7.89. The fourth-order valence-corrected chi connectivity index (χ4v) is 6.70. The Bertz CT molecular complexity index is 820. The molecule has 4 atom stereocenters. The van der Waals surface area contributed by atoms with E-state index in [9.17, 15) is 13.2 Å². The molecule has 8 heteroatoms. The van der Waals surface area contributed by atoms with Gasteiger partial charge < -0.3 is 14.5 Å². The Morgan fingerprint density at radius 1 is 1.44 bits per heavy atom. The predicted octanol–water partition coefficient (Wildman–Crippen LogP) is 1.93. The molecular weight excluding hydrogens is 368 g/mol. The number of sulfonamides is 1. The molecule has 0 aliphatic carbocycles. The minimum Gasteiger partial charge on any atom is -0.459 e. The molecule has 3 fully saturated rings. The lowest BCUT2D eigenvalue weighted by molar-refractivity contribution is 0.00797. The molecule has 1 aromatic rings. The van der Waals surface area contributed by atoms with Gasteiger partial charge in [-0.25, -0.2) is 8.42 Å². The van der Waals surface area contributed by atoms with Crippen LogP contribution in [0.1, 0.15) is 48.7 Å². The number of carbonyl (C=O) groups is 1. The fourth-order valence-electron chi connectivity index (χ4n) is 4.98. The summed E-state index contributed by atoms with van der Waals surface area (Å²) in [6.07, 6.45) is 5.00. The highest BCUT2D eigenvalue weighted by atomic mass is 32.2. The third kappa shape index (κ3) is 3.21. The summed E-state index contributed by atoms with van der Waals surface area (Å²) in [6.45, 7) is 5.28. The van der Waals surface area contributed by atoms with Crippen LogP contribution in [0.4, 0.5) is 0 Å². The van der Waals surface area contributed by atoms with E-state index in [4.69, 9.17) is 9.15 Å². The van der Waals surface area contributed by atoms with Crippen LogP contribution in [0.2, 0.25) is 0 Å². The molecule has 0 unspecified atom stereocenters. The van der Waals surface area contributed by atoms with Gasteiger partial charge in [0.15, 0.2) is 5.76 Å². The average molecular weight is 397 g/mol. The van der Waals surface area contributed by atoms with E-state index in [2.05, 4.69) is 5.32 Å². The minimum absolute atomic E-state index is 0.105. The van der Waals surface area contributed by atoms with Gasteiger partial charge in [-0.3, -0.25) is 4.79 Å². The summed E-state index contributed by atoms with van der Waals surface area (Å²) in [7, 11) is -3.24. The molecule has 27 heavy (non-hydrogen) atoms. The van der Waals surface area contributed by atoms with Gasteiger partial charge in [-0.1, -0.05) is 13.3 Å². The number of ether oxygens (including phenoxy) is 1. The maximum Gasteiger partial charge on any atom is 0.287 e. The fraction of sp³-hybridized carbons (Fsp3) is 0.737. The molecule has 1 N–H and O–H groups in total. The van der Waals surface area contributed by atoms with Crippen molar-refractivity contribution in [2.45, 2.75) is 51.2 Å². The number of fused-ring (bicyclic) bond motifs is 1. The van der Waals surface area contributed by atoms with E-state index in [0.717, 1.165) is 24.8 Å². The van der Waals surface area contributed by atoms with E-state index >= 15 is 0 Å². The van der Waals surface area contributed by atoms with Crippen LogP contribution in [0.5, 0.6) is 0 Å². The van der Waals surface area contributed by atoms with Crippen LogP contribution in [0.25, 0.3) is 0 Å². The number of nitrogens with one attached hydrogen (secondary N) is 1. The molecule has 0 aromatic carbocycles. The van der Waals surface area contributed by atoms with Crippen molar-refractivity contribution in [2.24, 2.45) is 11.8 Å². The molecule has 1 aromatic heterocycles. The van der Waals surface area contributed by atoms with Crippen LogP contribution in [0.3, 0.4) is 0 Å². The van der Waals surface area contributed by atoms with E-state index < -0.39 is 10.0 Å². The smallest absolute Gasteiger partial charge is 0.287 e. The van der Waals surface area contributed by atoms with Crippen LogP contribution in [-0.2, 0) is 14.8 Å². The average Bonchev–Trinajstić information content (AvgIpc) is 3.37. The van der Waals surface area contributed by atoms with Crippen molar-refractivity contribution in [3.8, 4) is 0 Å². The first-order valence-corrected chi connectivity index (χ1v) is 11.4. The molecule has 7 nitrogen and oxygen atoms in total. The molecular formula is C19H28N2O5S. The van der Waals surface area contributed by atoms with Gasteiger partial charge in [-0.15, -0.1) is 0 Å². The van der Waals surface area contributed by atoms with Gasteiger partial charge >= 0.3 is 0 Å². The Labute approximate surface area is 160 Å². The van der Waals surface area contributed by atoms with Gasteiger partial charge in [0.2, 0.25) is 10.0 Å². The number of hydrogen-bond acceptors (Lipinski definition) is 5. The van der Waals surface area contributed by atoms with Crippen molar-refractivity contribution in [1.82, 2.24) is 9.62 Å². The lowest BCUT2D eigenvalue weighted by atomic mass is 9.73. The molecule has 150 valence electrons. The summed E-state index contributed by atoms with van der Waals surface area (Å²) in [5.74, 6) is 0.605. The Morgan fingerprint density at radius 3 is 2.96 bits per heavy atom. The van der Waals surface area contributed by atoms with Crippen molar-refractivity contribution < 1.29 is 22.4 Å². The summed E-state index contributed by atoms with van der Waals surface area (Å²) in [5.41, 5.74) is 0.446. The Morgan fingerprint density at radius 2 is 2.26 bits per heavy atom. The van der Waals surface area contributed by atoms with Crippen LogP contribution in [0.15, 0.2) is 16.7 Å². The largest absolute Gasteiger partial charge is 0.459 e. The van der Waals surface area contributed by atoms with Gasteiger partial charge in [0.25, 0.3) is 5.91 Å². The molecule has 4 rings (SSSR count). The zero-order valence-corrected chi connectivity index (χ0v) is 16.8. The highest BCUT2D eigenvalue weighted by Crippen LogP contribution is 2.55. The number of unbranched alkanes of at least 4 members (excludes halogenated alkanes) is 1. The van der Waals surface area contributed by atoms with Crippen molar-refractivity contribution >= 4 is 15.9 Å². The second-order valence-electron chi connectivity index (χ2n) is 8.13. The van der Waals surface area contributed by atoms with Crippen LogP contribution >= 0.6 is 0 Å². The van der Waals surface area contributed by atoms with Gasteiger partial charge in [-0.2, -0.15) is 4.31 Å². The third-order valence-electron chi connectivity index (χ3n) is 6.47. The normalized spacial score (nSPS) is 32.7. The maximum absolute atomic E-state index is 12.6. The summed E-state index contributed by atoms with van der Waals surface area (Å²) >= 11 is 0. The first-order chi connectivity index (χ1) is 12.9. The third-order valence-corrected chi connectivity index (χ3v) is 8.34. The van der Waals surface area contributed by atoms with Crippen molar-refractivity contribution in [1.29, 1.82) is 0 Å². The summed E-state index contributed by atoms with van der Waals surface area (Å²) in [6, 6.07) is 1.76. The Balaban J connectivity index is 1.44. The summed E-state index contributed by atoms with van der Waals surface area (Å²) in [4.78, 5) is 12.4. The molecule has 2 bridgehead atoms.